The van der Waals surface area contributed by atoms with E-state index in [1.807, 2.05) is 0 Å². The van der Waals surface area contributed by atoms with Gasteiger partial charge in [-0.25, -0.2) is 0 Å². The van der Waals surface area contributed by atoms with Gasteiger partial charge in [0, 0.05) is 26.1 Å². The van der Waals surface area contributed by atoms with Crippen molar-refractivity contribution in [2.75, 3.05) is 33.9 Å². The predicted molar refractivity (Wildman–Crippen MR) is 98.1 cm³/mol. The van der Waals surface area contributed by atoms with Crippen LogP contribution in [0.4, 0.5) is 0 Å². The summed E-state index contributed by atoms with van der Waals surface area (Å²) in [4.78, 5) is 39.1. The van der Waals surface area contributed by atoms with Gasteiger partial charge in [0.05, 0.1) is 14.2 Å². The maximum atomic E-state index is 13.1. The van der Waals surface area contributed by atoms with Crippen molar-refractivity contribution in [1.82, 2.24) is 9.80 Å². The summed E-state index contributed by atoms with van der Waals surface area (Å²) in [6, 6.07) is 4.97. The van der Waals surface area contributed by atoms with Crippen molar-refractivity contribution in [3.05, 3.63) is 23.8 Å². The maximum absolute atomic E-state index is 13.1. The standard InChI is InChI=1S/C19H26N2O6/c1-13(22)21(12-17(23)24)14-6-5-10-20(11-9-14)19(25)18-15(26-2)7-4-8-16(18)27-3/h4,7-8,14H,5-6,9-12H2,1-3H3,(H,23,24). The normalized spacial score (nSPS) is 17.0. The minimum Gasteiger partial charge on any atom is -0.496 e. The monoisotopic (exact) mass is 378 g/mol. The molecule has 1 unspecified atom stereocenters. The summed E-state index contributed by atoms with van der Waals surface area (Å²) in [5, 5.41) is 9.05. The van der Waals surface area contributed by atoms with Crippen molar-refractivity contribution in [2.45, 2.75) is 32.2 Å². The summed E-state index contributed by atoms with van der Waals surface area (Å²) in [6.07, 6.45) is 1.85. The van der Waals surface area contributed by atoms with Crippen LogP contribution in [0.15, 0.2) is 18.2 Å². The van der Waals surface area contributed by atoms with Crippen LogP contribution in [0.5, 0.6) is 11.5 Å². The first-order valence-electron chi connectivity index (χ1n) is 8.88. The molecule has 2 rings (SSSR count). The highest BCUT2D eigenvalue weighted by molar-refractivity contribution is 5.99. The SMILES string of the molecule is COc1cccc(OC)c1C(=O)N1CCCC(N(CC(=O)O)C(C)=O)CC1. The Morgan fingerprint density at radius 3 is 2.30 bits per heavy atom. The van der Waals surface area contributed by atoms with Crippen LogP contribution < -0.4 is 9.47 Å². The number of rotatable bonds is 6. The van der Waals surface area contributed by atoms with Crippen LogP contribution in [0, 0.1) is 0 Å². The van der Waals surface area contributed by atoms with Gasteiger partial charge in [0.2, 0.25) is 5.91 Å². The van der Waals surface area contributed by atoms with Gasteiger partial charge in [0.15, 0.2) is 0 Å². The predicted octanol–water partition coefficient (Wildman–Crippen LogP) is 1.63. The first kappa shape index (κ1) is 20.5. The van der Waals surface area contributed by atoms with Gasteiger partial charge in [-0.1, -0.05) is 6.07 Å². The van der Waals surface area contributed by atoms with E-state index in [0.717, 1.165) is 0 Å². The summed E-state index contributed by atoms with van der Waals surface area (Å²) in [5.74, 6) is -0.625. The topological polar surface area (TPSA) is 96.4 Å². The van der Waals surface area contributed by atoms with Crippen molar-refractivity contribution in [1.29, 1.82) is 0 Å². The molecule has 1 aliphatic heterocycles. The quantitative estimate of drug-likeness (QED) is 0.808. The number of carbonyl (C=O) groups is 3. The molecule has 8 nitrogen and oxygen atoms in total. The number of methoxy groups -OCH3 is 2. The van der Waals surface area contributed by atoms with Crippen LogP contribution in [-0.4, -0.2) is 72.6 Å². The van der Waals surface area contributed by atoms with Crippen LogP contribution >= 0.6 is 0 Å². The number of carboxylic acids is 1. The van der Waals surface area contributed by atoms with Gasteiger partial charge >= 0.3 is 5.97 Å². The molecule has 27 heavy (non-hydrogen) atoms. The van der Waals surface area contributed by atoms with Gasteiger partial charge in [-0.05, 0) is 31.4 Å². The molecule has 148 valence electrons. The number of carboxylic acid groups (broad SMARTS) is 1. The summed E-state index contributed by atoms with van der Waals surface area (Å²) in [5.41, 5.74) is 0.370. The highest BCUT2D eigenvalue weighted by Crippen LogP contribution is 2.30. The number of amides is 2. The van der Waals surface area contributed by atoms with Crippen LogP contribution in [0.2, 0.25) is 0 Å². The molecule has 1 aromatic carbocycles. The molecule has 1 fully saturated rings. The van der Waals surface area contributed by atoms with Gasteiger partial charge in [0.25, 0.3) is 5.91 Å². The van der Waals surface area contributed by atoms with E-state index in [-0.39, 0.29) is 24.4 Å². The molecule has 0 spiro atoms. The van der Waals surface area contributed by atoms with Gasteiger partial charge in [0.1, 0.15) is 23.6 Å². The molecule has 0 aliphatic carbocycles. The second-order valence-electron chi connectivity index (χ2n) is 6.46. The lowest BCUT2D eigenvalue weighted by atomic mass is 10.1. The van der Waals surface area contributed by atoms with E-state index >= 15 is 0 Å². The smallest absolute Gasteiger partial charge is 0.323 e. The van der Waals surface area contributed by atoms with Gasteiger partial charge in [-0.2, -0.15) is 0 Å². The van der Waals surface area contributed by atoms with Crippen LogP contribution in [0.3, 0.4) is 0 Å². The van der Waals surface area contributed by atoms with E-state index in [0.29, 0.717) is 49.4 Å². The number of hydrogen-bond donors (Lipinski definition) is 1. The average molecular weight is 378 g/mol. The molecule has 0 saturated carbocycles. The van der Waals surface area contributed by atoms with E-state index in [9.17, 15) is 14.4 Å². The van der Waals surface area contributed by atoms with Gasteiger partial charge < -0.3 is 24.4 Å². The summed E-state index contributed by atoms with van der Waals surface area (Å²) in [6.45, 7) is 1.99. The lowest BCUT2D eigenvalue weighted by Crippen LogP contribution is -2.43. The van der Waals surface area contributed by atoms with E-state index < -0.39 is 5.97 Å². The van der Waals surface area contributed by atoms with Crippen LogP contribution in [-0.2, 0) is 9.59 Å². The Balaban J connectivity index is 2.17. The zero-order valence-electron chi connectivity index (χ0n) is 15.9. The molecule has 2 amide bonds. The lowest BCUT2D eigenvalue weighted by Gasteiger charge is -2.29. The van der Waals surface area contributed by atoms with Gasteiger partial charge in [-0.15, -0.1) is 0 Å². The number of ether oxygens (including phenoxy) is 2. The molecule has 1 heterocycles. The average Bonchev–Trinajstić information content (AvgIpc) is 2.90. The molecular weight excluding hydrogens is 352 g/mol. The van der Waals surface area contributed by atoms with Crippen LogP contribution in [0.25, 0.3) is 0 Å². The minimum absolute atomic E-state index is 0.197. The Labute approximate surface area is 158 Å². The third-order valence-electron chi connectivity index (χ3n) is 4.78. The fraction of sp³-hybridized carbons (Fsp3) is 0.526. The van der Waals surface area contributed by atoms with E-state index in [4.69, 9.17) is 14.6 Å². The van der Waals surface area contributed by atoms with Crippen molar-refractivity contribution >= 4 is 17.8 Å². The summed E-state index contributed by atoms with van der Waals surface area (Å²) >= 11 is 0. The first-order chi connectivity index (χ1) is 12.9. The molecule has 0 aromatic heterocycles. The van der Waals surface area contributed by atoms with Crippen LogP contribution in [0.1, 0.15) is 36.5 Å². The van der Waals surface area contributed by atoms with E-state index in [1.54, 1.807) is 23.1 Å². The maximum Gasteiger partial charge on any atom is 0.323 e. The van der Waals surface area contributed by atoms with Crippen molar-refractivity contribution < 1.29 is 29.0 Å². The van der Waals surface area contributed by atoms with Crippen molar-refractivity contribution in [2.24, 2.45) is 0 Å². The number of aliphatic carboxylic acids is 1. The molecule has 1 aromatic rings. The zero-order valence-corrected chi connectivity index (χ0v) is 15.9. The zero-order chi connectivity index (χ0) is 20.0. The number of carbonyl (C=O) groups excluding carboxylic acids is 2. The molecular formula is C19H26N2O6. The minimum atomic E-state index is -1.04. The second kappa shape index (κ2) is 9.25. The Kier molecular flexibility index (Phi) is 7.04. The highest BCUT2D eigenvalue weighted by Gasteiger charge is 2.30. The third-order valence-corrected chi connectivity index (χ3v) is 4.78. The lowest BCUT2D eigenvalue weighted by molar-refractivity contribution is -0.145. The Hall–Kier alpha value is -2.77. The molecule has 1 atom stereocenters. The largest absolute Gasteiger partial charge is 0.496 e. The highest BCUT2D eigenvalue weighted by atomic mass is 16.5. The summed E-state index contributed by atoms with van der Waals surface area (Å²) in [7, 11) is 3.00. The fourth-order valence-electron chi connectivity index (χ4n) is 3.46. The number of hydrogen-bond acceptors (Lipinski definition) is 5. The van der Waals surface area contributed by atoms with Crippen molar-refractivity contribution in [3.8, 4) is 11.5 Å². The first-order valence-corrected chi connectivity index (χ1v) is 8.88. The molecule has 8 heteroatoms. The molecule has 1 saturated heterocycles. The molecule has 1 aliphatic rings. The van der Waals surface area contributed by atoms with Gasteiger partial charge in [-0.3, -0.25) is 14.4 Å². The van der Waals surface area contributed by atoms with E-state index in [1.165, 1.54) is 26.0 Å². The number of nitrogens with zero attached hydrogens (tertiary/aromatic N) is 2. The Morgan fingerprint density at radius 2 is 1.78 bits per heavy atom. The molecule has 0 radical (unpaired) electrons. The Bertz CT molecular complexity index is 683. The summed E-state index contributed by atoms with van der Waals surface area (Å²) < 4.78 is 10.6. The Morgan fingerprint density at radius 1 is 1.15 bits per heavy atom. The second-order valence-corrected chi connectivity index (χ2v) is 6.46. The molecule has 0 bridgehead atoms. The number of likely N-dealkylation sites (tertiary alicyclic amines) is 1. The number of benzene rings is 1. The molecule has 1 N–H and O–H groups in total. The third kappa shape index (κ3) is 4.90. The van der Waals surface area contributed by atoms with Crippen molar-refractivity contribution in [3.63, 3.8) is 0 Å². The fourth-order valence-corrected chi connectivity index (χ4v) is 3.46. The van der Waals surface area contributed by atoms with E-state index in [2.05, 4.69) is 0 Å².